The van der Waals surface area contributed by atoms with Gasteiger partial charge in [0.05, 0.1) is 0 Å². The van der Waals surface area contributed by atoms with Gasteiger partial charge in [0.1, 0.15) is 0 Å². The zero-order valence-corrected chi connectivity index (χ0v) is 7.30. The third kappa shape index (κ3) is 2.35. The lowest BCUT2D eigenvalue weighted by Gasteiger charge is -2.08. The minimum Gasteiger partial charge on any atom is -0.439 e. The zero-order valence-electron chi connectivity index (χ0n) is 6.49. The second-order valence-corrected chi connectivity index (χ2v) is 2.24. The van der Waals surface area contributed by atoms with Crippen molar-refractivity contribution in [2.24, 2.45) is 5.73 Å². The lowest BCUT2D eigenvalue weighted by Crippen LogP contribution is -2.31. The number of amides is 2. The summed E-state index contributed by atoms with van der Waals surface area (Å²) in [6.07, 6.45) is 0.0735. The van der Waals surface area contributed by atoms with E-state index in [0.29, 0.717) is 19.5 Å². The quantitative estimate of drug-likeness (QED) is 0.672. The van der Waals surface area contributed by atoms with E-state index in [9.17, 15) is 9.59 Å². The molecule has 0 saturated carbocycles. The second-order valence-electron chi connectivity index (χ2n) is 2.24. The van der Waals surface area contributed by atoms with E-state index in [2.05, 4.69) is 4.74 Å². The van der Waals surface area contributed by atoms with Crippen molar-refractivity contribution >= 4 is 24.4 Å². The summed E-state index contributed by atoms with van der Waals surface area (Å²) < 4.78 is 4.47. The van der Waals surface area contributed by atoms with Gasteiger partial charge in [0.25, 0.3) is 5.91 Å². The van der Waals surface area contributed by atoms with E-state index in [4.69, 9.17) is 5.73 Å². The van der Waals surface area contributed by atoms with Crippen LogP contribution in [0.4, 0.5) is 4.79 Å². The molecule has 2 N–H and O–H groups in total. The summed E-state index contributed by atoms with van der Waals surface area (Å²) >= 11 is 0. The topological polar surface area (TPSA) is 72.6 Å². The molecule has 0 aliphatic carbocycles. The van der Waals surface area contributed by atoms with Gasteiger partial charge in [-0.05, 0) is 13.0 Å². The van der Waals surface area contributed by atoms with Gasteiger partial charge in [-0.2, -0.15) is 0 Å². The van der Waals surface area contributed by atoms with E-state index >= 15 is 0 Å². The highest BCUT2D eigenvalue weighted by Gasteiger charge is 2.29. The molecule has 0 unspecified atom stereocenters. The third-order valence-corrected chi connectivity index (χ3v) is 1.43. The van der Waals surface area contributed by atoms with Crippen LogP contribution in [0.5, 0.6) is 0 Å². The first-order chi connectivity index (χ1) is 5.25. The van der Waals surface area contributed by atoms with E-state index in [-0.39, 0.29) is 24.9 Å². The lowest BCUT2D eigenvalue weighted by atomic mass is 10.4. The first-order valence-corrected chi connectivity index (χ1v) is 3.43. The van der Waals surface area contributed by atoms with Crippen molar-refractivity contribution in [3.63, 3.8) is 0 Å². The lowest BCUT2D eigenvalue weighted by molar-refractivity contribution is -0.125. The predicted molar refractivity (Wildman–Crippen MR) is 44.0 cm³/mol. The summed E-state index contributed by atoms with van der Waals surface area (Å²) in [6, 6.07) is 0. The molecule has 0 aromatic carbocycles. The van der Waals surface area contributed by atoms with Crippen LogP contribution >= 0.6 is 12.4 Å². The van der Waals surface area contributed by atoms with Gasteiger partial charge in [-0.1, -0.05) is 0 Å². The zero-order chi connectivity index (χ0) is 8.27. The molecule has 0 radical (unpaired) electrons. The summed E-state index contributed by atoms with van der Waals surface area (Å²) in [6.45, 7) is 0.717. The molecule has 0 bridgehead atoms. The van der Waals surface area contributed by atoms with Crippen LogP contribution in [0.25, 0.3) is 0 Å². The molecule has 1 fully saturated rings. The summed E-state index contributed by atoms with van der Waals surface area (Å²) in [5, 5.41) is 0. The van der Waals surface area contributed by atoms with Crippen LogP contribution in [0.1, 0.15) is 6.42 Å². The fourth-order valence-corrected chi connectivity index (χ4v) is 0.847. The molecular formula is C6H11ClN2O3. The molecule has 1 heterocycles. The van der Waals surface area contributed by atoms with Crippen molar-refractivity contribution in [2.45, 2.75) is 6.42 Å². The van der Waals surface area contributed by atoms with E-state index < -0.39 is 6.09 Å². The van der Waals surface area contributed by atoms with Crippen molar-refractivity contribution in [2.75, 3.05) is 19.7 Å². The van der Waals surface area contributed by atoms with E-state index in [1.165, 1.54) is 0 Å². The SMILES string of the molecule is Cl.NCCCN1C(=O)COC1=O. The molecule has 1 aliphatic rings. The van der Waals surface area contributed by atoms with Crippen molar-refractivity contribution in [3.05, 3.63) is 0 Å². The Kier molecular flexibility index (Phi) is 4.61. The molecule has 0 aromatic heterocycles. The average Bonchev–Trinajstić information content (AvgIpc) is 2.29. The molecule has 6 heteroatoms. The van der Waals surface area contributed by atoms with Gasteiger partial charge in [-0.25, -0.2) is 9.69 Å². The molecule has 1 aliphatic heterocycles. The molecule has 12 heavy (non-hydrogen) atoms. The maximum atomic E-state index is 10.8. The Morgan fingerprint density at radius 2 is 2.17 bits per heavy atom. The van der Waals surface area contributed by atoms with Crippen molar-refractivity contribution in [1.82, 2.24) is 4.90 Å². The summed E-state index contributed by atoms with van der Waals surface area (Å²) in [4.78, 5) is 22.6. The van der Waals surface area contributed by atoms with E-state index in [1.54, 1.807) is 0 Å². The van der Waals surface area contributed by atoms with Gasteiger partial charge in [-0.15, -0.1) is 12.4 Å². The monoisotopic (exact) mass is 194 g/mol. The van der Waals surface area contributed by atoms with E-state index in [0.717, 1.165) is 4.90 Å². The number of carbonyl (C=O) groups excluding carboxylic acids is 2. The van der Waals surface area contributed by atoms with Gasteiger partial charge in [0, 0.05) is 6.54 Å². The highest BCUT2D eigenvalue weighted by molar-refractivity contribution is 5.97. The molecule has 5 nitrogen and oxygen atoms in total. The number of hydrogen-bond acceptors (Lipinski definition) is 4. The normalized spacial score (nSPS) is 15.9. The first kappa shape index (κ1) is 11.2. The van der Waals surface area contributed by atoms with E-state index in [1.807, 2.05) is 0 Å². The Balaban J connectivity index is 0.00000121. The number of rotatable bonds is 3. The van der Waals surface area contributed by atoms with Crippen LogP contribution in [-0.2, 0) is 9.53 Å². The fraction of sp³-hybridized carbons (Fsp3) is 0.667. The van der Waals surface area contributed by atoms with Crippen molar-refractivity contribution in [1.29, 1.82) is 0 Å². The maximum absolute atomic E-state index is 10.8. The number of imide groups is 1. The van der Waals surface area contributed by atoms with Crippen molar-refractivity contribution in [3.8, 4) is 0 Å². The maximum Gasteiger partial charge on any atom is 0.417 e. The number of hydrogen-bond donors (Lipinski definition) is 1. The highest BCUT2D eigenvalue weighted by Crippen LogP contribution is 2.04. The fourth-order valence-electron chi connectivity index (χ4n) is 0.847. The number of nitrogens with zero attached hydrogens (tertiary/aromatic N) is 1. The smallest absolute Gasteiger partial charge is 0.417 e. The average molecular weight is 195 g/mol. The Morgan fingerprint density at radius 1 is 1.50 bits per heavy atom. The summed E-state index contributed by atoms with van der Waals surface area (Å²) in [7, 11) is 0. The number of ether oxygens (including phenoxy) is 1. The minimum absolute atomic E-state index is 0. The van der Waals surface area contributed by atoms with Gasteiger partial charge in [-0.3, -0.25) is 4.79 Å². The number of nitrogens with two attached hydrogens (primary N) is 1. The van der Waals surface area contributed by atoms with Crippen LogP contribution in [0, 0.1) is 0 Å². The predicted octanol–water partition coefficient (Wildman–Crippen LogP) is -0.264. The molecule has 2 amide bonds. The number of halogens is 1. The molecule has 0 spiro atoms. The van der Waals surface area contributed by atoms with Crippen LogP contribution in [0.15, 0.2) is 0 Å². The first-order valence-electron chi connectivity index (χ1n) is 3.43. The minimum atomic E-state index is -0.552. The van der Waals surface area contributed by atoms with Crippen LogP contribution in [-0.4, -0.2) is 36.6 Å². The Bertz CT molecular complexity index is 170. The van der Waals surface area contributed by atoms with Crippen LogP contribution in [0.3, 0.4) is 0 Å². The van der Waals surface area contributed by atoms with Gasteiger partial charge < -0.3 is 10.5 Å². The van der Waals surface area contributed by atoms with Crippen LogP contribution in [0.2, 0.25) is 0 Å². The Hall–Kier alpha value is -0.810. The highest BCUT2D eigenvalue weighted by atomic mass is 35.5. The third-order valence-electron chi connectivity index (χ3n) is 1.43. The largest absolute Gasteiger partial charge is 0.439 e. The molecule has 0 atom stereocenters. The Labute approximate surface area is 76.2 Å². The number of cyclic esters (lactones) is 1. The van der Waals surface area contributed by atoms with Gasteiger partial charge in [0.2, 0.25) is 0 Å². The number of carbonyl (C=O) groups is 2. The summed E-state index contributed by atoms with van der Waals surface area (Å²) in [5.74, 6) is -0.275. The second kappa shape index (κ2) is 4.95. The molecule has 70 valence electrons. The molecule has 1 saturated heterocycles. The van der Waals surface area contributed by atoms with Gasteiger partial charge >= 0.3 is 6.09 Å². The van der Waals surface area contributed by atoms with Gasteiger partial charge in [0.15, 0.2) is 6.61 Å². The standard InChI is InChI=1S/C6H10N2O3.ClH/c7-2-1-3-8-5(9)4-11-6(8)10;/h1-4,7H2;1H. The Morgan fingerprint density at radius 3 is 2.58 bits per heavy atom. The molecule has 0 aromatic rings. The molecule has 1 rings (SSSR count). The van der Waals surface area contributed by atoms with Crippen LogP contribution < -0.4 is 5.73 Å². The summed E-state index contributed by atoms with van der Waals surface area (Å²) in [5.41, 5.74) is 5.21. The molecular weight excluding hydrogens is 184 g/mol. The van der Waals surface area contributed by atoms with Crippen molar-refractivity contribution < 1.29 is 14.3 Å².